The lowest BCUT2D eigenvalue weighted by atomic mass is 10.00. The predicted octanol–water partition coefficient (Wildman–Crippen LogP) is 3.16. The Morgan fingerprint density at radius 2 is 2.10 bits per heavy atom. The number of aryl methyl sites for hydroxylation is 1. The van der Waals surface area contributed by atoms with E-state index in [2.05, 4.69) is 6.07 Å². The van der Waals surface area contributed by atoms with Crippen LogP contribution in [0.15, 0.2) is 36.4 Å². The van der Waals surface area contributed by atoms with Crippen LogP contribution in [0, 0.1) is 5.82 Å². The Labute approximate surface area is 122 Å². The van der Waals surface area contributed by atoms with E-state index in [1.165, 1.54) is 23.8 Å². The fourth-order valence-corrected chi connectivity index (χ4v) is 2.56. The third-order valence-electron chi connectivity index (χ3n) is 3.71. The van der Waals surface area contributed by atoms with Gasteiger partial charge in [0, 0.05) is 24.1 Å². The Kier molecular flexibility index (Phi) is 3.60. The highest BCUT2D eigenvalue weighted by atomic mass is 19.1. The molecule has 1 aliphatic rings. The Morgan fingerprint density at radius 3 is 2.95 bits per heavy atom. The number of hydrogen-bond acceptors (Lipinski definition) is 3. The fraction of sp³-hybridized carbons (Fsp3) is 0.235. The molecule has 3 nitrogen and oxygen atoms in total. The summed E-state index contributed by atoms with van der Waals surface area (Å²) in [6, 6.07) is 9.87. The summed E-state index contributed by atoms with van der Waals surface area (Å²) >= 11 is 0. The maximum Gasteiger partial charge on any atom is 0.165 e. The third kappa shape index (κ3) is 2.89. The molecule has 2 aromatic rings. The number of anilines is 1. The lowest BCUT2D eigenvalue weighted by molar-refractivity contribution is 0.0983. The van der Waals surface area contributed by atoms with Gasteiger partial charge in [-0.25, -0.2) is 4.39 Å². The zero-order valence-corrected chi connectivity index (χ0v) is 11.6. The van der Waals surface area contributed by atoms with Crippen LogP contribution in [0.2, 0.25) is 0 Å². The molecule has 0 spiro atoms. The number of Topliss-reactive ketones (excluding diaryl/α,β-unsaturated/α-hetero) is 1. The Balaban J connectivity index is 1.70. The normalized spacial score (nSPS) is 12.8. The van der Waals surface area contributed by atoms with Crippen LogP contribution in [0.5, 0.6) is 5.75 Å². The quantitative estimate of drug-likeness (QED) is 0.693. The number of ether oxygens (including phenoxy) is 1. The minimum atomic E-state index is -0.442. The molecule has 0 atom stereocenters. The molecule has 2 aromatic carbocycles. The standard InChI is InChI=1S/C17H16FNO2/c18-13-3-4-15(19)14(10-13)16(20)5-1-11-2-6-17-12(9-11)7-8-21-17/h2-4,6,9-10H,1,5,7-8,19H2. The highest BCUT2D eigenvalue weighted by molar-refractivity contribution is 6.00. The second-order valence-electron chi connectivity index (χ2n) is 5.20. The molecule has 0 aliphatic carbocycles. The van der Waals surface area contributed by atoms with Gasteiger partial charge < -0.3 is 10.5 Å². The van der Waals surface area contributed by atoms with Crippen LogP contribution in [0.1, 0.15) is 27.9 Å². The van der Waals surface area contributed by atoms with Gasteiger partial charge in [-0.15, -0.1) is 0 Å². The van der Waals surface area contributed by atoms with Crippen molar-refractivity contribution in [3.8, 4) is 5.75 Å². The molecule has 0 radical (unpaired) electrons. The Hall–Kier alpha value is -2.36. The maximum atomic E-state index is 13.2. The molecule has 0 saturated carbocycles. The predicted molar refractivity (Wildman–Crippen MR) is 79.1 cm³/mol. The molecule has 0 bridgehead atoms. The molecule has 1 aliphatic heterocycles. The first kappa shape index (κ1) is 13.6. The topological polar surface area (TPSA) is 52.3 Å². The van der Waals surface area contributed by atoms with E-state index in [4.69, 9.17) is 10.5 Å². The van der Waals surface area contributed by atoms with Gasteiger partial charge >= 0.3 is 0 Å². The molecule has 108 valence electrons. The Morgan fingerprint density at radius 1 is 1.24 bits per heavy atom. The van der Waals surface area contributed by atoms with Crippen molar-refractivity contribution in [2.45, 2.75) is 19.3 Å². The maximum absolute atomic E-state index is 13.2. The zero-order chi connectivity index (χ0) is 14.8. The average molecular weight is 285 g/mol. The highest BCUT2D eigenvalue weighted by Gasteiger charge is 2.14. The molecular formula is C17H16FNO2. The van der Waals surface area contributed by atoms with Crippen molar-refractivity contribution in [2.24, 2.45) is 0 Å². The van der Waals surface area contributed by atoms with Gasteiger partial charge in [0.05, 0.1) is 6.61 Å². The van der Waals surface area contributed by atoms with Crippen LogP contribution in [0.4, 0.5) is 10.1 Å². The van der Waals surface area contributed by atoms with Gasteiger partial charge in [0.2, 0.25) is 0 Å². The number of nitrogen functional groups attached to an aromatic ring is 1. The summed E-state index contributed by atoms with van der Waals surface area (Å²) in [4.78, 5) is 12.2. The second kappa shape index (κ2) is 5.56. The average Bonchev–Trinajstić information content (AvgIpc) is 2.94. The first-order valence-electron chi connectivity index (χ1n) is 6.96. The van der Waals surface area contributed by atoms with Gasteiger partial charge in [0.15, 0.2) is 5.78 Å². The summed E-state index contributed by atoms with van der Waals surface area (Å²) in [6.07, 6.45) is 1.84. The summed E-state index contributed by atoms with van der Waals surface area (Å²) in [6.45, 7) is 0.720. The van der Waals surface area contributed by atoms with Crippen molar-refractivity contribution >= 4 is 11.5 Å². The van der Waals surface area contributed by atoms with Gasteiger partial charge in [-0.3, -0.25) is 4.79 Å². The first-order valence-corrected chi connectivity index (χ1v) is 6.96. The lowest BCUT2D eigenvalue weighted by Crippen LogP contribution is -2.06. The lowest BCUT2D eigenvalue weighted by Gasteiger charge is -2.06. The fourth-order valence-electron chi connectivity index (χ4n) is 2.56. The molecule has 0 saturated heterocycles. The van der Waals surface area contributed by atoms with E-state index in [-0.39, 0.29) is 11.3 Å². The zero-order valence-electron chi connectivity index (χ0n) is 11.6. The second-order valence-corrected chi connectivity index (χ2v) is 5.20. The smallest absolute Gasteiger partial charge is 0.165 e. The number of nitrogens with two attached hydrogens (primary N) is 1. The largest absolute Gasteiger partial charge is 0.493 e. The van der Waals surface area contributed by atoms with E-state index < -0.39 is 5.82 Å². The van der Waals surface area contributed by atoms with Gasteiger partial charge in [0.1, 0.15) is 11.6 Å². The van der Waals surface area contributed by atoms with Crippen molar-refractivity contribution in [3.05, 3.63) is 58.9 Å². The highest BCUT2D eigenvalue weighted by Crippen LogP contribution is 2.26. The van der Waals surface area contributed by atoms with E-state index in [1.807, 2.05) is 12.1 Å². The van der Waals surface area contributed by atoms with Gasteiger partial charge in [-0.2, -0.15) is 0 Å². The number of carbonyl (C=O) groups is 1. The summed E-state index contributed by atoms with van der Waals surface area (Å²) < 4.78 is 18.7. The molecule has 0 fully saturated rings. The molecular weight excluding hydrogens is 269 g/mol. The number of hydrogen-bond donors (Lipinski definition) is 1. The van der Waals surface area contributed by atoms with Crippen LogP contribution in [0.25, 0.3) is 0 Å². The molecule has 2 N–H and O–H groups in total. The van der Waals surface area contributed by atoms with Gasteiger partial charge in [-0.1, -0.05) is 12.1 Å². The molecule has 0 aromatic heterocycles. The first-order chi connectivity index (χ1) is 10.1. The minimum Gasteiger partial charge on any atom is -0.493 e. The number of ketones is 1. The van der Waals surface area contributed by atoms with Crippen molar-refractivity contribution in [1.82, 2.24) is 0 Å². The SMILES string of the molecule is Nc1ccc(F)cc1C(=O)CCc1ccc2c(c1)CCO2. The third-order valence-corrected chi connectivity index (χ3v) is 3.71. The molecule has 21 heavy (non-hydrogen) atoms. The van der Waals surface area contributed by atoms with Crippen LogP contribution in [0.3, 0.4) is 0 Å². The van der Waals surface area contributed by atoms with E-state index in [0.29, 0.717) is 18.5 Å². The summed E-state index contributed by atoms with van der Waals surface area (Å²) in [5.74, 6) is 0.352. The van der Waals surface area contributed by atoms with Crippen molar-refractivity contribution in [2.75, 3.05) is 12.3 Å². The van der Waals surface area contributed by atoms with E-state index >= 15 is 0 Å². The number of halogens is 1. The molecule has 0 unspecified atom stereocenters. The molecule has 3 rings (SSSR count). The monoisotopic (exact) mass is 285 g/mol. The van der Waals surface area contributed by atoms with E-state index in [9.17, 15) is 9.18 Å². The van der Waals surface area contributed by atoms with Crippen LogP contribution in [-0.2, 0) is 12.8 Å². The van der Waals surface area contributed by atoms with Crippen LogP contribution < -0.4 is 10.5 Å². The number of benzene rings is 2. The minimum absolute atomic E-state index is 0.135. The number of rotatable bonds is 4. The molecule has 4 heteroatoms. The number of carbonyl (C=O) groups excluding carboxylic acids is 1. The van der Waals surface area contributed by atoms with E-state index in [0.717, 1.165) is 24.3 Å². The van der Waals surface area contributed by atoms with Gasteiger partial charge in [-0.05, 0) is 41.8 Å². The van der Waals surface area contributed by atoms with Crippen molar-refractivity contribution in [3.63, 3.8) is 0 Å². The van der Waals surface area contributed by atoms with Crippen LogP contribution >= 0.6 is 0 Å². The Bertz CT molecular complexity index is 697. The molecule has 0 amide bonds. The van der Waals surface area contributed by atoms with Crippen molar-refractivity contribution in [1.29, 1.82) is 0 Å². The summed E-state index contributed by atoms with van der Waals surface area (Å²) in [5, 5.41) is 0. The summed E-state index contributed by atoms with van der Waals surface area (Å²) in [5.41, 5.74) is 8.59. The van der Waals surface area contributed by atoms with Crippen LogP contribution in [-0.4, -0.2) is 12.4 Å². The molecule has 1 heterocycles. The number of fused-ring (bicyclic) bond motifs is 1. The summed E-state index contributed by atoms with van der Waals surface area (Å²) in [7, 11) is 0. The van der Waals surface area contributed by atoms with Gasteiger partial charge in [0.25, 0.3) is 0 Å². The van der Waals surface area contributed by atoms with E-state index in [1.54, 1.807) is 0 Å². The van der Waals surface area contributed by atoms with Crippen molar-refractivity contribution < 1.29 is 13.9 Å².